The maximum absolute atomic E-state index is 9.92. The van der Waals surface area contributed by atoms with Gasteiger partial charge in [0, 0.05) is 73.0 Å². The standard InChI is InChI=1S/C31H34N6/c1-4-28-27(9-8-23-6-5-7-24(18-23)21-37-16-14-36(3)15-17-37)31(25(19-32)20-34-28)35-29-10-11-30-26(22(29)2)12-13-33-30/h5-13,18,20,33H,4,14-17,21H2,1-3H3,(H,34,35). The third kappa shape index (κ3) is 5.43. The molecular formula is C31H34N6. The molecule has 6 nitrogen and oxygen atoms in total. The second kappa shape index (κ2) is 11.0. The minimum Gasteiger partial charge on any atom is -0.361 e. The molecule has 1 saturated heterocycles. The molecule has 2 aromatic heterocycles. The number of hydrogen-bond donors (Lipinski definition) is 2. The van der Waals surface area contributed by atoms with Gasteiger partial charge in [-0.2, -0.15) is 5.26 Å². The summed E-state index contributed by atoms with van der Waals surface area (Å²) in [5.41, 5.74) is 8.96. The second-order valence-corrected chi connectivity index (χ2v) is 9.83. The lowest BCUT2D eigenvalue weighted by Crippen LogP contribution is -2.43. The van der Waals surface area contributed by atoms with Gasteiger partial charge in [-0.3, -0.25) is 9.88 Å². The van der Waals surface area contributed by atoms with Gasteiger partial charge in [0.1, 0.15) is 6.07 Å². The molecule has 0 amide bonds. The average molecular weight is 491 g/mol. The summed E-state index contributed by atoms with van der Waals surface area (Å²) in [5, 5.41) is 14.7. The molecule has 3 heterocycles. The van der Waals surface area contributed by atoms with Crippen LogP contribution in [-0.2, 0) is 13.0 Å². The van der Waals surface area contributed by atoms with Crippen molar-refractivity contribution in [2.24, 2.45) is 0 Å². The van der Waals surface area contributed by atoms with E-state index in [9.17, 15) is 5.26 Å². The Labute approximate surface area is 219 Å². The number of nitrogens with zero attached hydrogens (tertiary/aromatic N) is 4. The molecule has 5 rings (SSSR count). The number of anilines is 2. The van der Waals surface area contributed by atoms with Crippen molar-refractivity contribution < 1.29 is 0 Å². The topological polar surface area (TPSA) is 71.0 Å². The van der Waals surface area contributed by atoms with Crippen LogP contribution in [0.1, 0.15) is 40.4 Å². The van der Waals surface area contributed by atoms with Gasteiger partial charge in [-0.05, 0) is 55.3 Å². The number of benzene rings is 2. The minimum atomic E-state index is 0.536. The van der Waals surface area contributed by atoms with Crippen LogP contribution in [-0.4, -0.2) is 53.0 Å². The molecule has 2 N–H and O–H groups in total. The highest BCUT2D eigenvalue weighted by Gasteiger charge is 2.16. The SMILES string of the molecule is CCc1ncc(C#N)c(Nc2ccc3[nH]ccc3c2C)c1C=Cc1cccc(CN2CCN(C)CC2)c1. The number of likely N-dealkylation sites (N-methyl/N-ethyl adjacent to an activating group) is 1. The lowest BCUT2D eigenvalue weighted by atomic mass is 10.0. The van der Waals surface area contributed by atoms with Gasteiger partial charge in [0.15, 0.2) is 0 Å². The summed E-state index contributed by atoms with van der Waals surface area (Å²) >= 11 is 0. The molecule has 0 radical (unpaired) electrons. The number of hydrogen-bond acceptors (Lipinski definition) is 5. The normalized spacial score (nSPS) is 14.9. The van der Waals surface area contributed by atoms with E-state index in [1.807, 2.05) is 6.20 Å². The number of aromatic amines is 1. The molecule has 0 spiro atoms. The number of piperazine rings is 1. The summed E-state index contributed by atoms with van der Waals surface area (Å²) in [7, 11) is 2.19. The van der Waals surface area contributed by atoms with Crippen molar-refractivity contribution in [1.82, 2.24) is 19.8 Å². The quantitative estimate of drug-likeness (QED) is 0.334. The highest BCUT2D eigenvalue weighted by atomic mass is 15.2. The number of rotatable bonds is 7. The predicted octanol–water partition coefficient (Wildman–Crippen LogP) is 5.97. The Hall–Kier alpha value is -3.92. The van der Waals surface area contributed by atoms with Gasteiger partial charge < -0.3 is 15.2 Å². The van der Waals surface area contributed by atoms with Crippen LogP contribution in [0, 0.1) is 18.3 Å². The number of nitrogens with one attached hydrogen (secondary N) is 2. The van der Waals surface area contributed by atoms with Gasteiger partial charge in [-0.1, -0.05) is 43.3 Å². The highest BCUT2D eigenvalue weighted by Crippen LogP contribution is 2.32. The molecule has 37 heavy (non-hydrogen) atoms. The summed E-state index contributed by atoms with van der Waals surface area (Å²) in [6, 6.07) is 17.3. The van der Waals surface area contributed by atoms with Crippen LogP contribution in [0.4, 0.5) is 11.4 Å². The van der Waals surface area contributed by atoms with Gasteiger partial charge in [0.25, 0.3) is 0 Å². The highest BCUT2D eigenvalue weighted by molar-refractivity contribution is 5.90. The fourth-order valence-corrected chi connectivity index (χ4v) is 5.04. The second-order valence-electron chi connectivity index (χ2n) is 9.83. The molecule has 0 unspecified atom stereocenters. The van der Waals surface area contributed by atoms with Crippen LogP contribution in [0.3, 0.4) is 0 Å². The first kappa shape index (κ1) is 24.8. The van der Waals surface area contributed by atoms with Crippen molar-refractivity contribution in [3.63, 3.8) is 0 Å². The molecule has 1 aliphatic heterocycles. The Kier molecular flexibility index (Phi) is 7.36. The van der Waals surface area contributed by atoms with Crippen LogP contribution in [0.2, 0.25) is 0 Å². The van der Waals surface area contributed by atoms with E-state index in [2.05, 4.69) is 107 Å². The predicted molar refractivity (Wildman–Crippen MR) is 153 cm³/mol. The molecule has 0 bridgehead atoms. The van der Waals surface area contributed by atoms with Gasteiger partial charge in [-0.25, -0.2) is 0 Å². The molecule has 188 valence electrons. The lowest BCUT2D eigenvalue weighted by Gasteiger charge is -2.32. The summed E-state index contributed by atoms with van der Waals surface area (Å²) in [6.45, 7) is 9.62. The average Bonchev–Trinajstić information content (AvgIpc) is 3.40. The number of H-pyrrole nitrogens is 1. The summed E-state index contributed by atoms with van der Waals surface area (Å²) < 4.78 is 0. The summed E-state index contributed by atoms with van der Waals surface area (Å²) in [6.07, 6.45) is 8.65. The van der Waals surface area contributed by atoms with E-state index < -0.39 is 0 Å². The van der Waals surface area contributed by atoms with E-state index in [1.165, 1.54) is 10.9 Å². The maximum atomic E-state index is 9.92. The van der Waals surface area contributed by atoms with E-state index in [0.717, 1.165) is 78.4 Å². The fourth-order valence-electron chi connectivity index (χ4n) is 5.04. The van der Waals surface area contributed by atoms with Crippen molar-refractivity contribution in [2.45, 2.75) is 26.8 Å². The Morgan fingerprint density at radius 3 is 2.73 bits per heavy atom. The third-order valence-electron chi connectivity index (χ3n) is 7.31. The van der Waals surface area contributed by atoms with Crippen molar-refractivity contribution in [3.05, 3.63) is 88.4 Å². The van der Waals surface area contributed by atoms with Gasteiger partial charge >= 0.3 is 0 Å². The molecule has 0 aliphatic carbocycles. The number of pyridine rings is 1. The molecular weight excluding hydrogens is 456 g/mol. The molecule has 0 atom stereocenters. The van der Waals surface area contributed by atoms with E-state index >= 15 is 0 Å². The smallest absolute Gasteiger partial charge is 0.103 e. The zero-order valence-corrected chi connectivity index (χ0v) is 21.9. The number of aromatic nitrogens is 2. The van der Waals surface area contributed by atoms with Crippen LogP contribution < -0.4 is 5.32 Å². The van der Waals surface area contributed by atoms with E-state index in [1.54, 1.807) is 6.20 Å². The van der Waals surface area contributed by atoms with Crippen LogP contribution >= 0.6 is 0 Å². The zero-order chi connectivity index (χ0) is 25.8. The lowest BCUT2D eigenvalue weighted by molar-refractivity contribution is 0.148. The van der Waals surface area contributed by atoms with Crippen molar-refractivity contribution in [3.8, 4) is 6.07 Å². The molecule has 2 aromatic carbocycles. The molecule has 4 aromatic rings. The molecule has 6 heteroatoms. The van der Waals surface area contributed by atoms with E-state index in [0.29, 0.717) is 5.56 Å². The largest absolute Gasteiger partial charge is 0.361 e. The Morgan fingerprint density at radius 1 is 1.11 bits per heavy atom. The minimum absolute atomic E-state index is 0.536. The third-order valence-corrected chi connectivity index (χ3v) is 7.31. The monoisotopic (exact) mass is 490 g/mol. The van der Waals surface area contributed by atoms with Crippen LogP contribution in [0.5, 0.6) is 0 Å². The Morgan fingerprint density at radius 2 is 1.95 bits per heavy atom. The number of fused-ring (bicyclic) bond motifs is 1. The number of nitriles is 1. The first-order chi connectivity index (χ1) is 18.1. The van der Waals surface area contributed by atoms with Gasteiger partial charge in [0.05, 0.1) is 11.3 Å². The van der Waals surface area contributed by atoms with Gasteiger partial charge in [-0.15, -0.1) is 0 Å². The Balaban J connectivity index is 1.46. The first-order valence-electron chi connectivity index (χ1n) is 13.0. The fraction of sp³-hybridized carbons (Fsp3) is 0.290. The van der Waals surface area contributed by atoms with Crippen molar-refractivity contribution >= 4 is 34.4 Å². The molecule has 0 saturated carbocycles. The van der Waals surface area contributed by atoms with E-state index in [-0.39, 0.29) is 0 Å². The molecule has 1 fully saturated rings. The first-order valence-corrected chi connectivity index (χ1v) is 13.0. The molecule has 1 aliphatic rings. The zero-order valence-electron chi connectivity index (χ0n) is 21.9. The maximum Gasteiger partial charge on any atom is 0.103 e. The number of aryl methyl sites for hydroxylation is 2. The van der Waals surface area contributed by atoms with Crippen LogP contribution in [0.15, 0.2) is 54.9 Å². The van der Waals surface area contributed by atoms with E-state index in [4.69, 9.17) is 0 Å². The van der Waals surface area contributed by atoms with Crippen molar-refractivity contribution in [1.29, 1.82) is 5.26 Å². The van der Waals surface area contributed by atoms with Crippen molar-refractivity contribution in [2.75, 3.05) is 38.5 Å². The summed E-state index contributed by atoms with van der Waals surface area (Å²) in [5.74, 6) is 0. The summed E-state index contributed by atoms with van der Waals surface area (Å²) in [4.78, 5) is 12.8. The van der Waals surface area contributed by atoms with Gasteiger partial charge in [0.2, 0.25) is 0 Å². The Bertz CT molecular complexity index is 1470. The van der Waals surface area contributed by atoms with Crippen LogP contribution in [0.25, 0.3) is 23.1 Å².